The summed E-state index contributed by atoms with van der Waals surface area (Å²) in [6, 6.07) is -0.854. The third-order valence-corrected chi connectivity index (χ3v) is 13.8. The molecule has 63 heavy (non-hydrogen) atoms. The molecule has 0 aliphatic heterocycles. The zero-order valence-electron chi connectivity index (χ0n) is 42.1. The van der Waals surface area contributed by atoms with Crippen molar-refractivity contribution in [3.63, 3.8) is 0 Å². The van der Waals surface area contributed by atoms with Gasteiger partial charge in [-0.1, -0.05) is 283 Å². The number of rotatable bonds is 53. The summed E-state index contributed by atoms with van der Waals surface area (Å²) in [5, 5.41) is 13.7. The average molecular weight is 913 g/mol. The fourth-order valence-corrected chi connectivity index (χ4v) is 9.43. The SMILES string of the molecule is CCCCCCCCCC/C=C/[C@@H](O)[C@H](COP(=O)(O)OCCN)NC(=O)CCCCCCCCCCCCCCCCCCCCCCCCCCCCCCCCCCCC. The summed E-state index contributed by atoms with van der Waals surface area (Å²) in [6.07, 6.45) is 60.4. The van der Waals surface area contributed by atoms with Crippen molar-refractivity contribution in [1.29, 1.82) is 0 Å². The molecule has 0 saturated heterocycles. The number of nitrogens with two attached hydrogens (primary N) is 1. The van der Waals surface area contributed by atoms with Crippen molar-refractivity contribution in [2.75, 3.05) is 19.8 Å². The zero-order valence-corrected chi connectivity index (χ0v) is 43.0. The predicted molar refractivity (Wildman–Crippen MR) is 272 cm³/mol. The first-order valence-corrected chi connectivity index (χ1v) is 29.3. The molecule has 1 amide bonds. The number of carbonyl (C=O) groups excluding carboxylic acids is 1. The van der Waals surface area contributed by atoms with Crippen LogP contribution in [0.4, 0.5) is 0 Å². The molecule has 0 aliphatic carbocycles. The van der Waals surface area contributed by atoms with E-state index in [4.69, 9.17) is 14.8 Å². The minimum atomic E-state index is -4.33. The molecule has 9 heteroatoms. The van der Waals surface area contributed by atoms with Crippen LogP contribution in [0.1, 0.15) is 296 Å². The van der Waals surface area contributed by atoms with E-state index >= 15 is 0 Å². The molecule has 0 aliphatic rings. The Morgan fingerprint density at radius 3 is 1.13 bits per heavy atom. The van der Waals surface area contributed by atoms with E-state index in [1.165, 1.54) is 238 Å². The summed E-state index contributed by atoms with van der Waals surface area (Å²) in [5.74, 6) is -0.189. The molecule has 8 nitrogen and oxygen atoms in total. The third kappa shape index (κ3) is 49.0. The second kappa shape index (κ2) is 50.6. The summed E-state index contributed by atoms with van der Waals surface area (Å²) < 4.78 is 22.1. The summed E-state index contributed by atoms with van der Waals surface area (Å²) in [6.45, 7) is 4.15. The van der Waals surface area contributed by atoms with Gasteiger partial charge in [-0.25, -0.2) is 4.57 Å². The second-order valence-electron chi connectivity index (χ2n) is 19.2. The Labute approximate surface area is 392 Å². The van der Waals surface area contributed by atoms with Crippen LogP contribution in [-0.4, -0.2) is 47.8 Å². The highest BCUT2D eigenvalue weighted by atomic mass is 31.2. The number of phosphoric acid groups is 1. The van der Waals surface area contributed by atoms with Gasteiger partial charge in [0.2, 0.25) is 5.91 Å². The number of aliphatic hydroxyl groups excluding tert-OH is 1. The lowest BCUT2D eigenvalue weighted by Gasteiger charge is -2.23. The Balaban J connectivity index is 3.73. The molecule has 0 aromatic carbocycles. The number of carbonyl (C=O) groups is 1. The molecular formula is C54H109N2O6P. The van der Waals surface area contributed by atoms with Crippen LogP contribution in [0, 0.1) is 0 Å². The molecule has 0 fully saturated rings. The Morgan fingerprint density at radius 2 is 0.810 bits per heavy atom. The second-order valence-corrected chi connectivity index (χ2v) is 20.6. The quantitative estimate of drug-likeness (QED) is 0.0271. The maximum Gasteiger partial charge on any atom is 0.472 e. The van der Waals surface area contributed by atoms with Crippen LogP contribution >= 0.6 is 7.82 Å². The van der Waals surface area contributed by atoms with E-state index in [1.54, 1.807) is 6.08 Å². The van der Waals surface area contributed by atoms with E-state index < -0.39 is 20.0 Å². The molecule has 0 saturated carbocycles. The van der Waals surface area contributed by atoms with Gasteiger partial charge in [0.15, 0.2) is 0 Å². The van der Waals surface area contributed by atoms with Crippen LogP contribution < -0.4 is 11.1 Å². The summed E-state index contributed by atoms with van der Waals surface area (Å²) in [4.78, 5) is 22.7. The van der Waals surface area contributed by atoms with Gasteiger partial charge in [0, 0.05) is 13.0 Å². The zero-order chi connectivity index (χ0) is 46.0. The highest BCUT2D eigenvalue weighted by molar-refractivity contribution is 7.47. The number of hydrogen-bond donors (Lipinski definition) is 4. The molecule has 0 radical (unpaired) electrons. The molecule has 0 heterocycles. The lowest BCUT2D eigenvalue weighted by Crippen LogP contribution is -2.45. The van der Waals surface area contributed by atoms with Crippen molar-refractivity contribution in [2.45, 2.75) is 309 Å². The Morgan fingerprint density at radius 1 is 0.508 bits per heavy atom. The van der Waals surface area contributed by atoms with Gasteiger partial charge in [0.1, 0.15) is 0 Å². The van der Waals surface area contributed by atoms with Gasteiger partial charge in [-0.05, 0) is 19.3 Å². The van der Waals surface area contributed by atoms with Gasteiger partial charge in [-0.2, -0.15) is 0 Å². The summed E-state index contributed by atoms with van der Waals surface area (Å²) >= 11 is 0. The number of aliphatic hydroxyl groups is 1. The monoisotopic (exact) mass is 913 g/mol. The van der Waals surface area contributed by atoms with E-state index in [2.05, 4.69) is 19.2 Å². The first-order chi connectivity index (χ1) is 30.9. The van der Waals surface area contributed by atoms with E-state index in [0.717, 1.165) is 38.5 Å². The Bertz CT molecular complexity index is 999. The molecule has 0 aromatic heterocycles. The van der Waals surface area contributed by atoms with E-state index in [0.29, 0.717) is 6.42 Å². The number of allylic oxidation sites excluding steroid dienone is 1. The Kier molecular flexibility index (Phi) is 50.0. The number of unbranched alkanes of at least 4 members (excludes halogenated alkanes) is 41. The minimum Gasteiger partial charge on any atom is -0.387 e. The smallest absolute Gasteiger partial charge is 0.387 e. The van der Waals surface area contributed by atoms with Crippen LogP contribution in [0.15, 0.2) is 12.2 Å². The molecule has 0 bridgehead atoms. The first kappa shape index (κ1) is 62.2. The molecule has 3 atom stereocenters. The molecular weight excluding hydrogens is 804 g/mol. The average Bonchev–Trinajstić information content (AvgIpc) is 3.27. The van der Waals surface area contributed by atoms with Gasteiger partial charge in [0.05, 0.1) is 25.4 Å². The third-order valence-electron chi connectivity index (χ3n) is 12.9. The number of hydrogen-bond acceptors (Lipinski definition) is 6. The molecule has 5 N–H and O–H groups in total. The first-order valence-electron chi connectivity index (χ1n) is 27.8. The van der Waals surface area contributed by atoms with Gasteiger partial charge in [-0.15, -0.1) is 0 Å². The highest BCUT2D eigenvalue weighted by Crippen LogP contribution is 2.43. The lowest BCUT2D eigenvalue weighted by atomic mass is 10.0. The van der Waals surface area contributed by atoms with Crippen LogP contribution in [0.5, 0.6) is 0 Å². The van der Waals surface area contributed by atoms with Crippen LogP contribution in [0.2, 0.25) is 0 Å². The van der Waals surface area contributed by atoms with E-state index in [1.807, 2.05) is 6.08 Å². The van der Waals surface area contributed by atoms with Gasteiger partial charge in [0.25, 0.3) is 0 Å². The van der Waals surface area contributed by atoms with Gasteiger partial charge in [-0.3, -0.25) is 13.8 Å². The predicted octanol–water partition coefficient (Wildman–Crippen LogP) is 16.7. The Hall–Kier alpha value is -0.760. The largest absolute Gasteiger partial charge is 0.472 e. The van der Waals surface area contributed by atoms with Crippen LogP contribution in [-0.2, 0) is 18.4 Å². The molecule has 0 rings (SSSR count). The molecule has 0 aromatic rings. The summed E-state index contributed by atoms with van der Waals surface area (Å²) in [5.41, 5.74) is 5.38. The van der Waals surface area contributed by atoms with Crippen LogP contribution in [0.3, 0.4) is 0 Å². The fourth-order valence-electron chi connectivity index (χ4n) is 8.67. The maximum absolute atomic E-state index is 12.8. The number of amides is 1. The minimum absolute atomic E-state index is 0.0813. The van der Waals surface area contributed by atoms with Gasteiger partial charge >= 0.3 is 7.82 Å². The number of nitrogens with one attached hydrogen (secondary N) is 1. The molecule has 376 valence electrons. The molecule has 0 spiro atoms. The van der Waals surface area contributed by atoms with E-state index in [9.17, 15) is 19.4 Å². The van der Waals surface area contributed by atoms with Crippen molar-refractivity contribution >= 4 is 13.7 Å². The van der Waals surface area contributed by atoms with Crippen molar-refractivity contribution in [3.05, 3.63) is 12.2 Å². The standard InChI is InChI=1S/C54H109N2O6P/c1-3-5-7-9-11-13-15-16-17-18-19-20-21-22-23-24-25-26-27-28-29-30-31-32-33-34-35-36-37-38-40-42-44-46-48-54(58)56-52(51-62-63(59,60)61-50-49-55)53(57)47-45-43-41-39-14-12-10-8-6-4-2/h45,47,52-53,57H,3-44,46,48-51,55H2,1-2H3,(H,56,58)(H,59,60)/b47-45+/t52-,53+/m0/s1. The number of phosphoric ester groups is 1. The fraction of sp³-hybridized carbons (Fsp3) is 0.944. The van der Waals surface area contributed by atoms with Crippen molar-refractivity contribution in [1.82, 2.24) is 5.32 Å². The summed E-state index contributed by atoms with van der Waals surface area (Å²) in [7, 11) is -4.33. The highest BCUT2D eigenvalue weighted by Gasteiger charge is 2.27. The normalized spacial score (nSPS) is 13.8. The van der Waals surface area contributed by atoms with Gasteiger partial charge < -0.3 is 21.1 Å². The lowest BCUT2D eigenvalue weighted by molar-refractivity contribution is -0.123. The van der Waals surface area contributed by atoms with Crippen LogP contribution in [0.25, 0.3) is 0 Å². The van der Waals surface area contributed by atoms with Crippen molar-refractivity contribution < 1.29 is 28.4 Å². The van der Waals surface area contributed by atoms with E-state index in [-0.39, 0.29) is 25.7 Å². The molecule has 1 unspecified atom stereocenters. The maximum atomic E-state index is 12.8. The van der Waals surface area contributed by atoms with Crippen molar-refractivity contribution in [3.8, 4) is 0 Å². The van der Waals surface area contributed by atoms with Crippen molar-refractivity contribution in [2.24, 2.45) is 5.73 Å². The topological polar surface area (TPSA) is 131 Å².